The highest BCUT2D eigenvalue weighted by atomic mass is 35.6. The van der Waals surface area contributed by atoms with Crippen LogP contribution < -0.4 is 0 Å². The van der Waals surface area contributed by atoms with Crippen LogP contribution in [0.5, 0.6) is 0 Å². The fourth-order valence-electron chi connectivity index (χ4n) is 0.577. The Balaban J connectivity index is 4.23. The normalized spacial score (nSPS) is 18.1. The van der Waals surface area contributed by atoms with E-state index in [0.29, 0.717) is 0 Å². The van der Waals surface area contributed by atoms with Gasteiger partial charge in [-0.2, -0.15) is 11.1 Å². The molecule has 0 aromatic carbocycles. The van der Waals surface area contributed by atoms with Gasteiger partial charge < -0.3 is 0 Å². The van der Waals surface area contributed by atoms with Gasteiger partial charge in [-0.3, -0.25) is 0 Å². The third-order valence-electron chi connectivity index (χ3n) is 2.09. The fraction of sp³-hybridized carbons (Fsp3) is 0.714. The summed E-state index contributed by atoms with van der Waals surface area (Å²) < 4.78 is 0. The summed E-state index contributed by atoms with van der Waals surface area (Å²) in [6, 6.07) is 1.06. The maximum absolute atomic E-state index is 6.44. The Kier molecular flexibility index (Phi) is 3.39. The minimum Gasteiger partial charge on any atom is -0.171 e. The lowest BCUT2D eigenvalue weighted by Crippen LogP contribution is -2.49. The van der Waals surface area contributed by atoms with Crippen LogP contribution in [0, 0.1) is 0 Å². The van der Waals surface area contributed by atoms with Gasteiger partial charge in [0.15, 0.2) is 0 Å². The van der Waals surface area contributed by atoms with Gasteiger partial charge in [0.05, 0.1) is 7.59 Å². The topological polar surface area (TPSA) is 0 Å². The number of rotatable bonds is 3. The molecule has 0 aliphatic carbocycles. The minimum absolute atomic E-state index is 1.06. The van der Waals surface area contributed by atoms with Crippen LogP contribution in [0.1, 0.15) is 0 Å². The van der Waals surface area contributed by atoms with Crippen LogP contribution >= 0.6 is 11.1 Å². The van der Waals surface area contributed by atoms with Crippen molar-refractivity contribution in [1.29, 1.82) is 0 Å². The average Bonchev–Trinajstić information content (AvgIpc) is 1.61. The Morgan fingerprint density at radius 3 is 1.80 bits per heavy atom. The SMILES string of the molecule is C=CC[Si](C)(Cl)[Si](C)(C)C. The van der Waals surface area contributed by atoms with E-state index in [-0.39, 0.29) is 0 Å². The molecule has 0 radical (unpaired) electrons. The van der Waals surface area contributed by atoms with Crippen LogP contribution in [0.2, 0.25) is 32.2 Å². The molecule has 0 nitrogen and oxygen atoms in total. The zero-order valence-corrected chi connectivity index (χ0v) is 10.1. The molecular weight excluding hydrogens is 176 g/mol. The monoisotopic (exact) mass is 192 g/mol. The molecule has 0 N–H and O–H groups in total. The van der Waals surface area contributed by atoms with Crippen molar-refractivity contribution < 1.29 is 0 Å². The van der Waals surface area contributed by atoms with Crippen LogP contribution in [-0.4, -0.2) is 14.5 Å². The number of allylic oxidation sites excluding steroid dienone is 1. The summed E-state index contributed by atoms with van der Waals surface area (Å²) in [7, 11) is -1.07. The Hall–Kier alpha value is 0.464. The fourth-order valence-corrected chi connectivity index (χ4v) is 4.33. The van der Waals surface area contributed by atoms with Crippen molar-refractivity contribution in [2.75, 3.05) is 0 Å². The lowest BCUT2D eigenvalue weighted by atomic mass is 10.8. The van der Waals surface area contributed by atoms with Crippen molar-refractivity contribution >= 4 is 25.6 Å². The predicted molar refractivity (Wildman–Crippen MR) is 55.8 cm³/mol. The van der Waals surface area contributed by atoms with Crippen LogP contribution in [0.4, 0.5) is 0 Å². The van der Waals surface area contributed by atoms with Crippen molar-refractivity contribution in [3.05, 3.63) is 12.7 Å². The van der Waals surface area contributed by atoms with Gasteiger partial charge in [0.25, 0.3) is 0 Å². The highest BCUT2D eigenvalue weighted by Gasteiger charge is 2.38. The van der Waals surface area contributed by atoms with Gasteiger partial charge in [-0.15, -0.1) is 6.58 Å². The van der Waals surface area contributed by atoms with E-state index in [2.05, 4.69) is 32.8 Å². The maximum Gasteiger partial charge on any atom is 0.147 e. The van der Waals surface area contributed by atoms with Gasteiger partial charge >= 0.3 is 0 Å². The summed E-state index contributed by atoms with van der Waals surface area (Å²) in [5.41, 5.74) is 0. The van der Waals surface area contributed by atoms with E-state index < -0.39 is 14.5 Å². The largest absolute Gasteiger partial charge is 0.171 e. The molecule has 0 aromatic rings. The van der Waals surface area contributed by atoms with Crippen molar-refractivity contribution in [3.8, 4) is 0 Å². The highest BCUT2D eigenvalue weighted by molar-refractivity contribution is 7.58. The summed E-state index contributed by atoms with van der Waals surface area (Å²) in [5, 5.41) is 0. The molecule has 0 saturated heterocycles. The van der Waals surface area contributed by atoms with Crippen LogP contribution in [0.25, 0.3) is 0 Å². The second kappa shape index (κ2) is 3.24. The molecule has 1 atom stereocenters. The Labute approximate surface area is 70.8 Å². The van der Waals surface area contributed by atoms with E-state index in [1.807, 2.05) is 6.08 Å². The lowest BCUT2D eigenvalue weighted by molar-refractivity contribution is 1.62. The Morgan fingerprint density at radius 2 is 1.70 bits per heavy atom. The van der Waals surface area contributed by atoms with Gasteiger partial charge in [-0.25, -0.2) is 0 Å². The average molecular weight is 193 g/mol. The third kappa shape index (κ3) is 2.60. The third-order valence-corrected chi connectivity index (χ3v) is 21.8. The van der Waals surface area contributed by atoms with Crippen LogP contribution in [0.3, 0.4) is 0 Å². The molecule has 0 fully saturated rings. The molecule has 0 aliphatic heterocycles. The second-order valence-corrected chi connectivity index (χ2v) is 22.5. The zero-order chi connectivity index (χ0) is 8.41. The summed E-state index contributed by atoms with van der Waals surface area (Å²) in [6.07, 6.45) is 1.97. The maximum atomic E-state index is 6.44. The first-order valence-corrected chi connectivity index (χ1v) is 11.8. The smallest absolute Gasteiger partial charge is 0.147 e. The Bertz CT molecular complexity index is 124. The molecule has 0 heterocycles. The van der Waals surface area contributed by atoms with Crippen LogP contribution in [0.15, 0.2) is 12.7 Å². The number of halogens is 1. The molecule has 10 heavy (non-hydrogen) atoms. The zero-order valence-electron chi connectivity index (χ0n) is 7.37. The van der Waals surface area contributed by atoms with Gasteiger partial charge in [0, 0.05) is 0 Å². The number of hydrogen-bond acceptors (Lipinski definition) is 0. The first kappa shape index (κ1) is 10.5. The van der Waals surface area contributed by atoms with Gasteiger partial charge in [0.2, 0.25) is 0 Å². The first-order chi connectivity index (χ1) is 4.31. The molecule has 0 saturated carbocycles. The summed E-state index contributed by atoms with van der Waals surface area (Å²) in [5.74, 6) is 0. The summed E-state index contributed by atoms with van der Waals surface area (Å²) >= 11 is 6.44. The van der Waals surface area contributed by atoms with Crippen molar-refractivity contribution in [3.63, 3.8) is 0 Å². The van der Waals surface area contributed by atoms with Crippen molar-refractivity contribution in [1.82, 2.24) is 0 Å². The molecule has 0 rings (SSSR count). The first-order valence-electron chi connectivity index (χ1n) is 3.61. The van der Waals surface area contributed by atoms with E-state index in [1.54, 1.807) is 0 Å². The molecule has 0 aromatic heterocycles. The van der Waals surface area contributed by atoms with E-state index in [4.69, 9.17) is 11.1 Å². The van der Waals surface area contributed by atoms with E-state index in [0.717, 1.165) is 6.04 Å². The standard InChI is InChI=1S/C7H17ClSi2/c1-6-7-10(5,8)9(2,3)4/h6H,1,7H2,2-5H3. The quantitative estimate of drug-likeness (QED) is 0.366. The van der Waals surface area contributed by atoms with Gasteiger partial charge in [0.1, 0.15) is 6.90 Å². The highest BCUT2D eigenvalue weighted by Crippen LogP contribution is 2.26. The molecule has 3 heteroatoms. The van der Waals surface area contributed by atoms with E-state index in [1.165, 1.54) is 0 Å². The van der Waals surface area contributed by atoms with Crippen molar-refractivity contribution in [2.24, 2.45) is 0 Å². The van der Waals surface area contributed by atoms with E-state index in [9.17, 15) is 0 Å². The molecule has 0 spiro atoms. The Morgan fingerprint density at radius 1 is 1.30 bits per heavy atom. The van der Waals surface area contributed by atoms with Crippen LogP contribution in [-0.2, 0) is 0 Å². The molecule has 0 aliphatic rings. The van der Waals surface area contributed by atoms with Gasteiger partial charge in [-0.1, -0.05) is 32.3 Å². The molecule has 1 unspecified atom stereocenters. The molecule has 0 amide bonds. The van der Waals surface area contributed by atoms with Crippen molar-refractivity contribution in [2.45, 2.75) is 32.2 Å². The lowest BCUT2D eigenvalue weighted by Gasteiger charge is -2.31. The predicted octanol–water partition coefficient (Wildman–Crippen LogP) is 3.40. The summed E-state index contributed by atoms with van der Waals surface area (Å²) in [6.45, 7) is 11.6. The second-order valence-electron chi connectivity index (χ2n) is 3.94. The van der Waals surface area contributed by atoms with Gasteiger partial charge in [-0.05, 0) is 6.04 Å². The van der Waals surface area contributed by atoms with E-state index >= 15 is 0 Å². The number of hydrogen-bond donors (Lipinski definition) is 0. The molecule has 60 valence electrons. The minimum atomic E-state index is -1.41. The molecular formula is C7H17ClSi2. The molecule has 0 bridgehead atoms. The summed E-state index contributed by atoms with van der Waals surface area (Å²) in [4.78, 5) is 0.